The van der Waals surface area contributed by atoms with Crippen molar-refractivity contribution >= 4 is 17.4 Å². The van der Waals surface area contributed by atoms with Gasteiger partial charge < -0.3 is 5.32 Å². The van der Waals surface area contributed by atoms with E-state index in [1.807, 2.05) is 42.5 Å². The molecule has 1 amide bonds. The molecule has 0 unspecified atom stereocenters. The lowest BCUT2D eigenvalue weighted by Crippen LogP contribution is -2.27. The summed E-state index contributed by atoms with van der Waals surface area (Å²) in [7, 11) is 1.57. The molecule has 0 saturated heterocycles. The maximum absolute atomic E-state index is 12.9. The van der Waals surface area contributed by atoms with Crippen LogP contribution in [-0.2, 0) is 35.2 Å². The summed E-state index contributed by atoms with van der Waals surface area (Å²) in [5, 5.41) is 2.59. The van der Waals surface area contributed by atoms with Crippen LogP contribution in [0.3, 0.4) is 0 Å². The van der Waals surface area contributed by atoms with E-state index in [2.05, 4.69) is 10.3 Å². The van der Waals surface area contributed by atoms with E-state index in [9.17, 15) is 22.8 Å². The van der Waals surface area contributed by atoms with Crippen LogP contribution in [0.5, 0.6) is 0 Å². The number of ketones is 1. The zero-order valence-corrected chi connectivity index (χ0v) is 17.9. The maximum Gasteiger partial charge on any atom is 0.416 e. The predicted octanol–water partition coefficient (Wildman–Crippen LogP) is 4.78. The zero-order valence-electron chi connectivity index (χ0n) is 17.9. The van der Waals surface area contributed by atoms with E-state index < -0.39 is 11.7 Å². The van der Waals surface area contributed by atoms with Gasteiger partial charge in [-0.05, 0) is 39.9 Å². The highest BCUT2D eigenvalue weighted by molar-refractivity contribution is 6.46. The van der Waals surface area contributed by atoms with Crippen LogP contribution >= 0.6 is 0 Å². The molecule has 4 nitrogen and oxygen atoms in total. The molecule has 0 bridgehead atoms. The van der Waals surface area contributed by atoms with E-state index in [4.69, 9.17) is 0 Å². The van der Waals surface area contributed by atoms with Gasteiger partial charge in [0.1, 0.15) is 11.5 Å². The number of carbonyl (C=O) groups is 2. The predicted molar refractivity (Wildman–Crippen MR) is 120 cm³/mol. The molecule has 1 aliphatic rings. The molecule has 168 valence electrons. The van der Waals surface area contributed by atoms with Gasteiger partial charge in [-0.25, -0.2) is 0 Å². The second kappa shape index (κ2) is 9.02. The monoisotopic (exact) mass is 450 g/mol. The van der Waals surface area contributed by atoms with Crippen molar-refractivity contribution in [2.75, 3.05) is 7.05 Å². The number of benzene rings is 3. The number of carbonyl (C=O) groups excluding carboxylic acids is 2. The van der Waals surface area contributed by atoms with Crippen molar-refractivity contribution in [3.05, 3.63) is 94.5 Å². The lowest BCUT2D eigenvalue weighted by Gasteiger charge is -2.09. The largest absolute Gasteiger partial charge is 0.416 e. The molecule has 0 spiro atoms. The highest BCUT2D eigenvalue weighted by Gasteiger charge is 2.30. The Morgan fingerprint density at radius 2 is 1.61 bits per heavy atom. The van der Waals surface area contributed by atoms with E-state index in [1.54, 1.807) is 7.05 Å². The Balaban J connectivity index is 1.42. The second-order valence-corrected chi connectivity index (χ2v) is 7.90. The van der Waals surface area contributed by atoms with Crippen molar-refractivity contribution in [1.82, 2.24) is 5.32 Å². The normalized spacial score (nSPS) is 12.8. The first-order valence-electron chi connectivity index (χ1n) is 10.4. The van der Waals surface area contributed by atoms with Crippen molar-refractivity contribution in [2.24, 2.45) is 4.99 Å². The van der Waals surface area contributed by atoms with Gasteiger partial charge in [0, 0.05) is 25.5 Å². The summed E-state index contributed by atoms with van der Waals surface area (Å²) in [6, 6.07) is 18.2. The molecule has 1 aliphatic heterocycles. The fraction of sp³-hybridized carbons (Fsp3) is 0.192. The van der Waals surface area contributed by atoms with E-state index in [0.717, 1.165) is 39.9 Å². The molecule has 1 N–H and O–H groups in total. The van der Waals surface area contributed by atoms with Crippen molar-refractivity contribution in [2.45, 2.75) is 25.6 Å². The minimum absolute atomic E-state index is 0.0514. The molecule has 1 heterocycles. The minimum Gasteiger partial charge on any atom is -0.354 e. The van der Waals surface area contributed by atoms with Crippen LogP contribution in [0.1, 0.15) is 27.8 Å². The van der Waals surface area contributed by atoms with Gasteiger partial charge in [0.15, 0.2) is 0 Å². The van der Waals surface area contributed by atoms with Gasteiger partial charge in [0.05, 0.1) is 12.1 Å². The number of nitrogens with one attached hydrogen (secondary N) is 1. The Morgan fingerprint density at radius 1 is 0.909 bits per heavy atom. The smallest absolute Gasteiger partial charge is 0.354 e. The molecule has 0 aromatic heterocycles. The SMILES string of the molecule is CNC(=O)C1=NCc2cc(-c3ccc(CC(=O)Cc4cccc(C(F)(F)F)c4)cc3)ccc21. The number of hydrogen-bond donors (Lipinski definition) is 1. The maximum atomic E-state index is 12.9. The summed E-state index contributed by atoms with van der Waals surface area (Å²) < 4.78 is 38.6. The van der Waals surface area contributed by atoms with Gasteiger partial charge in [-0.2, -0.15) is 13.2 Å². The highest BCUT2D eigenvalue weighted by atomic mass is 19.4. The number of amides is 1. The summed E-state index contributed by atoms with van der Waals surface area (Å²) >= 11 is 0. The standard InChI is InChI=1S/C26H21F3N2O2/c1-30-25(33)24-23-10-9-19(14-20(23)15-31-24)18-7-5-16(6-8-18)12-22(32)13-17-3-2-4-21(11-17)26(27,28)29/h2-11,14H,12-13,15H2,1H3,(H,30,33). The molecule has 3 aromatic rings. The number of fused-ring (bicyclic) bond motifs is 1. The van der Waals surface area contributed by atoms with Crippen LogP contribution < -0.4 is 5.32 Å². The van der Waals surface area contributed by atoms with Crippen molar-refractivity contribution in [3.8, 4) is 11.1 Å². The number of Topliss-reactive ketones (excluding diaryl/α,β-unsaturated/α-hetero) is 1. The Bertz CT molecular complexity index is 1250. The van der Waals surface area contributed by atoms with Crippen LogP contribution in [0, 0.1) is 0 Å². The average Bonchev–Trinajstić information content (AvgIpc) is 3.22. The average molecular weight is 450 g/mol. The third-order valence-electron chi connectivity index (χ3n) is 5.55. The van der Waals surface area contributed by atoms with Gasteiger partial charge in [0.25, 0.3) is 5.91 Å². The molecular weight excluding hydrogens is 429 g/mol. The number of likely N-dealkylation sites (N-methyl/N-ethyl adjacent to an activating group) is 1. The van der Waals surface area contributed by atoms with Crippen LogP contribution in [0.2, 0.25) is 0 Å². The van der Waals surface area contributed by atoms with E-state index >= 15 is 0 Å². The number of nitrogens with zero attached hydrogens (tertiary/aromatic N) is 1. The number of alkyl halides is 3. The Morgan fingerprint density at radius 3 is 2.30 bits per heavy atom. The van der Waals surface area contributed by atoms with Gasteiger partial charge in [-0.1, -0.05) is 54.6 Å². The van der Waals surface area contributed by atoms with Crippen LogP contribution in [0.15, 0.2) is 71.7 Å². The highest BCUT2D eigenvalue weighted by Crippen LogP contribution is 2.30. The first-order valence-corrected chi connectivity index (χ1v) is 10.4. The molecule has 0 atom stereocenters. The third kappa shape index (κ3) is 5.03. The molecule has 0 aliphatic carbocycles. The van der Waals surface area contributed by atoms with Crippen LogP contribution in [-0.4, -0.2) is 24.4 Å². The molecule has 7 heteroatoms. The molecule has 0 fully saturated rings. The first kappa shape index (κ1) is 22.5. The second-order valence-electron chi connectivity index (χ2n) is 7.90. The van der Waals surface area contributed by atoms with Gasteiger partial charge >= 0.3 is 6.18 Å². The van der Waals surface area contributed by atoms with Gasteiger partial charge in [0.2, 0.25) is 0 Å². The summed E-state index contributed by atoms with van der Waals surface area (Å²) in [5.74, 6) is -0.362. The van der Waals surface area contributed by atoms with E-state index in [1.165, 1.54) is 12.1 Å². The fourth-order valence-electron chi connectivity index (χ4n) is 3.89. The van der Waals surface area contributed by atoms with E-state index in [0.29, 0.717) is 17.8 Å². The number of aliphatic imine (C=N–C) groups is 1. The summed E-state index contributed by atoms with van der Waals surface area (Å²) in [5.41, 5.74) is 4.57. The van der Waals surface area contributed by atoms with Crippen molar-refractivity contribution < 1.29 is 22.8 Å². The topological polar surface area (TPSA) is 58.5 Å². The Labute approximate surface area is 189 Å². The lowest BCUT2D eigenvalue weighted by atomic mass is 9.96. The van der Waals surface area contributed by atoms with Crippen molar-refractivity contribution in [1.29, 1.82) is 0 Å². The molecular formula is C26H21F3N2O2. The van der Waals surface area contributed by atoms with E-state index in [-0.39, 0.29) is 24.5 Å². The van der Waals surface area contributed by atoms with Crippen molar-refractivity contribution in [3.63, 3.8) is 0 Å². The summed E-state index contributed by atoms with van der Waals surface area (Å²) in [4.78, 5) is 28.6. The Hall–Kier alpha value is -3.74. The Kier molecular flexibility index (Phi) is 6.14. The molecule has 0 radical (unpaired) electrons. The third-order valence-corrected chi connectivity index (χ3v) is 5.55. The summed E-state index contributed by atoms with van der Waals surface area (Å²) in [6.07, 6.45) is -4.34. The van der Waals surface area contributed by atoms with Gasteiger partial charge in [-0.15, -0.1) is 0 Å². The molecule has 4 rings (SSSR count). The first-order chi connectivity index (χ1) is 15.7. The zero-order chi connectivity index (χ0) is 23.6. The lowest BCUT2D eigenvalue weighted by molar-refractivity contribution is -0.137. The summed E-state index contributed by atoms with van der Waals surface area (Å²) in [6.45, 7) is 0.452. The number of hydrogen-bond acceptors (Lipinski definition) is 3. The minimum atomic E-state index is -4.43. The quantitative estimate of drug-likeness (QED) is 0.588. The van der Waals surface area contributed by atoms with Crippen LogP contribution in [0.4, 0.5) is 13.2 Å². The van der Waals surface area contributed by atoms with Gasteiger partial charge in [-0.3, -0.25) is 14.6 Å². The fourth-order valence-corrected chi connectivity index (χ4v) is 3.89. The number of halogens is 3. The molecule has 33 heavy (non-hydrogen) atoms. The molecule has 0 saturated carbocycles. The molecule has 3 aromatic carbocycles. The number of rotatable bonds is 6. The van der Waals surface area contributed by atoms with Crippen LogP contribution in [0.25, 0.3) is 11.1 Å².